The van der Waals surface area contributed by atoms with E-state index in [4.69, 9.17) is 0 Å². The van der Waals surface area contributed by atoms with Gasteiger partial charge in [0.05, 0.1) is 13.0 Å². The zero-order valence-electron chi connectivity index (χ0n) is 15.9. The van der Waals surface area contributed by atoms with Gasteiger partial charge in [0, 0.05) is 25.7 Å². The van der Waals surface area contributed by atoms with Crippen molar-refractivity contribution in [3.63, 3.8) is 0 Å². The third kappa shape index (κ3) is 10.2. The van der Waals surface area contributed by atoms with Gasteiger partial charge in [0.25, 0.3) is 0 Å². The molecular formula is C18H30F3IN4. The fourth-order valence-corrected chi connectivity index (χ4v) is 2.15. The monoisotopic (exact) mass is 486 g/mol. The van der Waals surface area contributed by atoms with Crippen LogP contribution in [0.4, 0.5) is 13.2 Å². The predicted molar refractivity (Wildman–Crippen MR) is 112 cm³/mol. The van der Waals surface area contributed by atoms with Crippen LogP contribution in [-0.2, 0) is 13.1 Å². The van der Waals surface area contributed by atoms with E-state index in [1.54, 1.807) is 0 Å². The molecule has 4 nitrogen and oxygen atoms in total. The van der Waals surface area contributed by atoms with Crippen LogP contribution in [-0.4, -0.2) is 43.2 Å². The quantitative estimate of drug-likeness (QED) is 0.330. The zero-order valence-corrected chi connectivity index (χ0v) is 18.2. The third-order valence-electron chi connectivity index (χ3n) is 3.87. The van der Waals surface area contributed by atoms with Gasteiger partial charge < -0.3 is 10.6 Å². The van der Waals surface area contributed by atoms with Crippen LogP contribution in [0.3, 0.4) is 0 Å². The number of alkyl halides is 3. The van der Waals surface area contributed by atoms with Gasteiger partial charge in [0.15, 0.2) is 5.96 Å². The zero-order chi connectivity index (χ0) is 18.9. The summed E-state index contributed by atoms with van der Waals surface area (Å²) in [6, 6.07) is 8.44. The standard InChI is InChI=1S/C18H29F3N4.HI/c1-5-22-17(23-11-10-18(19,20)21)24-12-15-8-6-7-9-16(15)13-25(4)14(2)3;/h6-9,14H,5,10-13H2,1-4H3,(H2,22,23,24);1H. The van der Waals surface area contributed by atoms with Gasteiger partial charge in [-0.05, 0) is 38.9 Å². The van der Waals surface area contributed by atoms with Crippen molar-refractivity contribution in [1.29, 1.82) is 0 Å². The van der Waals surface area contributed by atoms with Crippen molar-refractivity contribution in [1.82, 2.24) is 15.5 Å². The van der Waals surface area contributed by atoms with Gasteiger partial charge in [0.2, 0.25) is 0 Å². The van der Waals surface area contributed by atoms with Crippen LogP contribution in [0.5, 0.6) is 0 Å². The first-order chi connectivity index (χ1) is 11.7. The number of benzene rings is 1. The fraction of sp³-hybridized carbons (Fsp3) is 0.611. The van der Waals surface area contributed by atoms with E-state index in [1.807, 2.05) is 25.1 Å². The molecule has 8 heteroatoms. The Morgan fingerprint density at radius 3 is 2.31 bits per heavy atom. The lowest BCUT2D eigenvalue weighted by Gasteiger charge is -2.22. The summed E-state index contributed by atoms with van der Waals surface area (Å²) in [5.41, 5.74) is 2.25. The summed E-state index contributed by atoms with van der Waals surface area (Å²) in [4.78, 5) is 6.66. The molecule has 0 atom stereocenters. The molecule has 150 valence electrons. The second kappa shape index (κ2) is 12.4. The second-order valence-corrected chi connectivity index (χ2v) is 6.26. The molecule has 0 aromatic heterocycles. The molecule has 1 aromatic rings. The van der Waals surface area contributed by atoms with Crippen molar-refractivity contribution in [3.8, 4) is 0 Å². The number of hydrogen-bond acceptors (Lipinski definition) is 2. The van der Waals surface area contributed by atoms with Gasteiger partial charge >= 0.3 is 6.18 Å². The maximum absolute atomic E-state index is 12.3. The molecule has 0 saturated carbocycles. The Labute approximate surface area is 171 Å². The largest absolute Gasteiger partial charge is 0.390 e. The van der Waals surface area contributed by atoms with E-state index in [1.165, 1.54) is 5.56 Å². The van der Waals surface area contributed by atoms with E-state index < -0.39 is 12.6 Å². The number of nitrogens with one attached hydrogen (secondary N) is 2. The van der Waals surface area contributed by atoms with Crippen LogP contribution in [0.15, 0.2) is 29.3 Å². The summed E-state index contributed by atoms with van der Waals surface area (Å²) in [5.74, 6) is 0.402. The molecule has 26 heavy (non-hydrogen) atoms. The molecule has 0 aliphatic heterocycles. The Morgan fingerprint density at radius 1 is 1.15 bits per heavy atom. The van der Waals surface area contributed by atoms with Crippen LogP contribution < -0.4 is 10.6 Å². The van der Waals surface area contributed by atoms with Crippen LogP contribution in [0.2, 0.25) is 0 Å². The van der Waals surface area contributed by atoms with Gasteiger partial charge in [-0.2, -0.15) is 13.2 Å². The van der Waals surface area contributed by atoms with Crippen molar-refractivity contribution < 1.29 is 13.2 Å². The molecule has 0 radical (unpaired) electrons. The Morgan fingerprint density at radius 2 is 1.77 bits per heavy atom. The Bertz CT molecular complexity index is 547. The molecule has 0 bridgehead atoms. The Hall–Kier alpha value is -1.03. The summed E-state index contributed by atoms with van der Waals surface area (Å²) in [7, 11) is 2.06. The number of aliphatic imine (C=N–C) groups is 1. The molecule has 0 aliphatic rings. The molecule has 1 aromatic carbocycles. The minimum atomic E-state index is -4.17. The van der Waals surface area contributed by atoms with Gasteiger partial charge in [-0.3, -0.25) is 4.90 Å². The number of hydrogen-bond donors (Lipinski definition) is 2. The van der Waals surface area contributed by atoms with Gasteiger partial charge in [-0.15, -0.1) is 24.0 Å². The lowest BCUT2D eigenvalue weighted by atomic mass is 10.1. The van der Waals surface area contributed by atoms with E-state index in [-0.39, 0.29) is 30.5 Å². The molecule has 0 aliphatic carbocycles. The Kier molecular flexibility index (Phi) is 11.9. The summed E-state index contributed by atoms with van der Waals surface area (Å²) in [5, 5.41) is 5.71. The Balaban J connectivity index is 0.00000625. The molecule has 0 spiro atoms. The highest BCUT2D eigenvalue weighted by atomic mass is 127. The summed E-state index contributed by atoms with van der Waals surface area (Å²) in [6.45, 7) is 7.78. The van der Waals surface area contributed by atoms with E-state index in [9.17, 15) is 13.2 Å². The first-order valence-corrected chi connectivity index (χ1v) is 8.59. The predicted octanol–water partition coefficient (Wildman–Crippen LogP) is 4.15. The number of guanidine groups is 1. The first-order valence-electron chi connectivity index (χ1n) is 8.59. The highest BCUT2D eigenvalue weighted by Crippen LogP contribution is 2.18. The number of rotatable bonds is 8. The van der Waals surface area contributed by atoms with Crippen LogP contribution >= 0.6 is 24.0 Å². The molecular weight excluding hydrogens is 456 g/mol. The third-order valence-corrected chi connectivity index (χ3v) is 3.87. The van der Waals surface area contributed by atoms with Crippen LogP contribution in [0.1, 0.15) is 38.3 Å². The molecule has 1 rings (SSSR count). The van der Waals surface area contributed by atoms with Gasteiger partial charge in [-0.1, -0.05) is 24.3 Å². The molecule has 0 unspecified atom stereocenters. The average Bonchev–Trinajstić information content (AvgIpc) is 2.52. The summed E-state index contributed by atoms with van der Waals surface area (Å²) in [6.07, 6.45) is -5.05. The van der Waals surface area contributed by atoms with E-state index >= 15 is 0 Å². The van der Waals surface area contributed by atoms with Crippen molar-refractivity contribution >= 4 is 29.9 Å². The smallest absolute Gasteiger partial charge is 0.357 e. The lowest BCUT2D eigenvalue weighted by molar-refractivity contribution is -0.132. The minimum Gasteiger partial charge on any atom is -0.357 e. The fourth-order valence-electron chi connectivity index (χ4n) is 2.15. The summed E-state index contributed by atoms with van der Waals surface area (Å²) >= 11 is 0. The van der Waals surface area contributed by atoms with Crippen LogP contribution in [0.25, 0.3) is 0 Å². The van der Waals surface area contributed by atoms with E-state index in [0.717, 1.165) is 12.1 Å². The highest BCUT2D eigenvalue weighted by Gasteiger charge is 2.26. The van der Waals surface area contributed by atoms with Gasteiger partial charge in [0.1, 0.15) is 0 Å². The molecule has 0 amide bonds. The minimum absolute atomic E-state index is 0. The number of nitrogens with zero attached hydrogens (tertiary/aromatic N) is 2. The topological polar surface area (TPSA) is 39.7 Å². The van der Waals surface area contributed by atoms with Gasteiger partial charge in [-0.25, -0.2) is 4.99 Å². The molecule has 0 saturated heterocycles. The summed E-state index contributed by atoms with van der Waals surface area (Å²) < 4.78 is 36.8. The maximum Gasteiger partial charge on any atom is 0.390 e. The maximum atomic E-state index is 12.3. The number of halogens is 4. The first kappa shape index (κ1) is 25.0. The highest BCUT2D eigenvalue weighted by molar-refractivity contribution is 14.0. The lowest BCUT2D eigenvalue weighted by Crippen LogP contribution is -2.38. The second-order valence-electron chi connectivity index (χ2n) is 6.26. The SMILES string of the molecule is CCNC(=NCc1ccccc1CN(C)C(C)C)NCCC(F)(F)F.I. The van der Waals surface area contributed by atoms with Crippen molar-refractivity contribution in [2.45, 2.75) is 52.5 Å². The van der Waals surface area contributed by atoms with E-state index in [2.05, 4.69) is 47.5 Å². The molecule has 0 fully saturated rings. The van der Waals surface area contributed by atoms with E-state index in [0.29, 0.717) is 25.1 Å². The molecule has 2 N–H and O–H groups in total. The average molecular weight is 486 g/mol. The van der Waals surface area contributed by atoms with Crippen LogP contribution in [0, 0.1) is 0 Å². The normalized spacial score (nSPS) is 12.3. The molecule has 0 heterocycles. The van der Waals surface area contributed by atoms with Crippen molar-refractivity contribution in [2.75, 3.05) is 20.1 Å². The van der Waals surface area contributed by atoms with Crippen molar-refractivity contribution in [3.05, 3.63) is 35.4 Å². The van der Waals surface area contributed by atoms with Crippen molar-refractivity contribution in [2.24, 2.45) is 4.99 Å².